The van der Waals surface area contributed by atoms with Crippen molar-refractivity contribution >= 4 is 5.91 Å². The number of halogens is 1. The topological polar surface area (TPSA) is 64.3 Å². The van der Waals surface area contributed by atoms with Crippen LogP contribution in [0.15, 0.2) is 18.2 Å². The number of methoxy groups -OCH3 is 1. The van der Waals surface area contributed by atoms with Crippen LogP contribution in [0, 0.1) is 11.7 Å². The van der Waals surface area contributed by atoms with Gasteiger partial charge in [-0.1, -0.05) is 19.9 Å². The number of carbonyl (C=O) groups is 1. The average Bonchev–Trinajstić information content (AvgIpc) is 2.34. The Kier molecular flexibility index (Phi) is 5.30. The number of hydrogen-bond acceptors (Lipinski definition) is 3. The van der Waals surface area contributed by atoms with Gasteiger partial charge in [0, 0.05) is 11.6 Å². The van der Waals surface area contributed by atoms with Crippen molar-refractivity contribution in [3.05, 3.63) is 29.6 Å². The number of carbonyl (C=O) groups excluding carboxylic acids is 1. The van der Waals surface area contributed by atoms with E-state index in [2.05, 4.69) is 5.32 Å². The first-order chi connectivity index (χ1) is 8.88. The monoisotopic (exact) mass is 268 g/mol. The predicted octanol–water partition coefficient (Wildman–Crippen LogP) is 1.99. The van der Waals surface area contributed by atoms with Gasteiger partial charge in [-0.2, -0.15) is 0 Å². The van der Waals surface area contributed by atoms with Crippen molar-refractivity contribution in [3.63, 3.8) is 0 Å². The van der Waals surface area contributed by atoms with Crippen LogP contribution in [0.25, 0.3) is 0 Å². The van der Waals surface area contributed by atoms with E-state index < -0.39 is 11.9 Å². The molecule has 0 aliphatic heterocycles. The van der Waals surface area contributed by atoms with Crippen molar-refractivity contribution in [2.45, 2.75) is 32.9 Å². The Morgan fingerprint density at radius 3 is 2.47 bits per heavy atom. The van der Waals surface area contributed by atoms with Gasteiger partial charge < -0.3 is 10.5 Å². The van der Waals surface area contributed by atoms with E-state index in [0.29, 0.717) is 11.3 Å². The van der Waals surface area contributed by atoms with E-state index in [-0.39, 0.29) is 17.8 Å². The summed E-state index contributed by atoms with van der Waals surface area (Å²) in [7, 11) is 1.49. The minimum Gasteiger partial charge on any atom is -0.496 e. The molecule has 1 rings (SSSR count). The third-order valence-corrected chi connectivity index (χ3v) is 3.07. The number of amides is 1. The maximum absolute atomic E-state index is 13.9. The van der Waals surface area contributed by atoms with Crippen LogP contribution < -0.4 is 15.8 Å². The van der Waals surface area contributed by atoms with Crippen LogP contribution in [0.5, 0.6) is 5.75 Å². The summed E-state index contributed by atoms with van der Waals surface area (Å²) in [6.07, 6.45) is 0. The van der Waals surface area contributed by atoms with E-state index in [1.54, 1.807) is 19.1 Å². The molecular formula is C14H21FN2O2. The summed E-state index contributed by atoms with van der Waals surface area (Å²) in [5.41, 5.74) is 5.75. The summed E-state index contributed by atoms with van der Waals surface area (Å²) in [4.78, 5) is 11.4. The second-order valence-electron chi connectivity index (χ2n) is 4.87. The lowest BCUT2D eigenvalue weighted by atomic mass is 10.00. The van der Waals surface area contributed by atoms with Crippen LogP contribution in [0.4, 0.5) is 4.39 Å². The zero-order valence-electron chi connectivity index (χ0n) is 11.7. The van der Waals surface area contributed by atoms with Crippen LogP contribution in [0.1, 0.15) is 32.4 Å². The summed E-state index contributed by atoms with van der Waals surface area (Å²) in [5.74, 6) is -0.340. The highest BCUT2D eigenvalue weighted by Crippen LogP contribution is 2.28. The maximum atomic E-state index is 13.9. The molecule has 0 saturated carbocycles. The Morgan fingerprint density at radius 2 is 2.00 bits per heavy atom. The lowest BCUT2D eigenvalue weighted by molar-refractivity contribution is -0.121. The number of rotatable bonds is 6. The fraction of sp³-hybridized carbons (Fsp3) is 0.500. The zero-order valence-corrected chi connectivity index (χ0v) is 11.7. The molecule has 0 radical (unpaired) electrons. The van der Waals surface area contributed by atoms with Crippen molar-refractivity contribution in [3.8, 4) is 5.75 Å². The van der Waals surface area contributed by atoms with Crippen molar-refractivity contribution in [1.29, 1.82) is 0 Å². The fourth-order valence-corrected chi connectivity index (χ4v) is 2.07. The molecule has 19 heavy (non-hydrogen) atoms. The van der Waals surface area contributed by atoms with E-state index >= 15 is 0 Å². The van der Waals surface area contributed by atoms with Gasteiger partial charge in [0.1, 0.15) is 11.6 Å². The van der Waals surface area contributed by atoms with Gasteiger partial charge in [0.2, 0.25) is 5.91 Å². The highest BCUT2D eigenvalue weighted by molar-refractivity contribution is 5.80. The number of nitrogens with one attached hydrogen (secondary N) is 1. The molecule has 0 bridgehead atoms. The molecule has 1 aromatic rings. The average molecular weight is 268 g/mol. The minimum atomic E-state index is -0.515. The maximum Gasteiger partial charge on any atom is 0.234 e. The van der Waals surface area contributed by atoms with E-state index in [1.807, 2.05) is 13.8 Å². The van der Waals surface area contributed by atoms with Crippen molar-refractivity contribution in [2.24, 2.45) is 11.7 Å². The molecule has 2 unspecified atom stereocenters. The molecule has 5 heteroatoms. The molecule has 0 saturated heterocycles. The molecule has 0 spiro atoms. The highest BCUT2D eigenvalue weighted by Gasteiger charge is 2.24. The second-order valence-corrected chi connectivity index (χ2v) is 4.87. The van der Waals surface area contributed by atoms with Crippen LogP contribution in [0.2, 0.25) is 0 Å². The fourth-order valence-electron chi connectivity index (χ4n) is 2.07. The van der Waals surface area contributed by atoms with E-state index in [9.17, 15) is 9.18 Å². The van der Waals surface area contributed by atoms with Gasteiger partial charge in [0.05, 0.1) is 13.2 Å². The number of nitrogens with two attached hydrogens (primary N) is 1. The quantitative estimate of drug-likeness (QED) is 0.829. The molecule has 0 heterocycles. The number of ether oxygens (including phenoxy) is 1. The molecule has 3 N–H and O–H groups in total. The molecule has 1 amide bonds. The summed E-state index contributed by atoms with van der Waals surface area (Å²) < 4.78 is 19.1. The summed E-state index contributed by atoms with van der Waals surface area (Å²) >= 11 is 0. The Bertz CT molecular complexity index is 449. The van der Waals surface area contributed by atoms with Gasteiger partial charge in [-0.25, -0.2) is 4.39 Å². The molecular weight excluding hydrogens is 247 g/mol. The number of benzene rings is 1. The number of primary amides is 1. The van der Waals surface area contributed by atoms with E-state index in [1.165, 1.54) is 13.2 Å². The van der Waals surface area contributed by atoms with Gasteiger partial charge in [-0.15, -0.1) is 0 Å². The standard InChI is InChI=1S/C14H21FN2O2/c1-8(2)13(14(16)18)17-9(3)12-10(15)6-5-7-11(12)19-4/h5-9,13,17H,1-4H3,(H2,16,18). The van der Waals surface area contributed by atoms with Gasteiger partial charge >= 0.3 is 0 Å². The lowest BCUT2D eigenvalue weighted by Crippen LogP contribution is -2.46. The summed E-state index contributed by atoms with van der Waals surface area (Å²) in [6, 6.07) is 3.74. The second kappa shape index (κ2) is 6.52. The molecule has 1 aromatic carbocycles. The van der Waals surface area contributed by atoms with Gasteiger partial charge in [-0.05, 0) is 25.0 Å². The first kappa shape index (κ1) is 15.4. The largest absolute Gasteiger partial charge is 0.496 e. The molecule has 4 nitrogen and oxygen atoms in total. The van der Waals surface area contributed by atoms with E-state index in [0.717, 1.165) is 0 Å². The lowest BCUT2D eigenvalue weighted by Gasteiger charge is -2.25. The third-order valence-electron chi connectivity index (χ3n) is 3.07. The normalized spacial score (nSPS) is 14.2. The Hall–Kier alpha value is -1.62. The van der Waals surface area contributed by atoms with Crippen LogP contribution in [-0.4, -0.2) is 19.1 Å². The Balaban J connectivity index is 3.00. The third kappa shape index (κ3) is 3.67. The number of hydrogen-bond donors (Lipinski definition) is 2. The molecule has 0 aromatic heterocycles. The summed E-state index contributed by atoms with van der Waals surface area (Å²) in [5, 5.41) is 3.05. The molecule has 0 aliphatic carbocycles. The minimum absolute atomic E-state index is 0.0257. The SMILES string of the molecule is COc1cccc(F)c1C(C)NC(C(N)=O)C(C)C. The highest BCUT2D eigenvalue weighted by atomic mass is 19.1. The smallest absolute Gasteiger partial charge is 0.234 e. The van der Waals surface area contributed by atoms with Crippen molar-refractivity contribution < 1.29 is 13.9 Å². The van der Waals surface area contributed by atoms with Crippen molar-refractivity contribution in [1.82, 2.24) is 5.32 Å². The van der Waals surface area contributed by atoms with Gasteiger partial charge in [-0.3, -0.25) is 10.1 Å². The van der Waals surface area contributed by atoms with E-state index in [4.69, 9.17) is 10.5 Å². The zero-order chi connectivity index (χ0) is 14.6. The Labute approximate surface area is 113 Å². The van der Waals surface area contributed by atoms with Crippen LogP contribution in [0.3, 0.4) is 0 Å². The van der Waals surface area contributed by atoms with Gasteiger partial charge in [0.25, 0.3) is 0 Å². The molecule has 106 valence electrons. The molecule has 0 fully saturated rings. The van der Waals surface area contributed by atoms with Gasteiger partial charge in [0.15, 0.2) is 0 Å². The molecule has 2 atom stereocenters. The predicted molar refractivity (Wildman–Crippen MR) is 72.3 cm³/mol. The first-order valence-electron chi connectivity index (χ1n) is 6.26. The first-order valence-corrected chi connectivity index (χ1v) is 6.26. The molecule has 0 aliphatic rings. The summed E-state index contributed by atoms with van der Waals surface area (Å²) in [6.45, 7) is 5.54. The van der Waals surface area contributed by atoms with Crippen LogP contribution in [-0.2, 0) is 4.79 Å². The van der Waals surface area contributed by atoms with Crippen molar-refractivity contribution in [2.75, 3.05) is 7.11 Å². The Morgan fingerprint density at radius 1 is 1.37 bits per heavy atom. The van der Waals surface area contributed by atoms with Crippen LogP contribution >= 0.6 is 0 Å².